The van der Waals surface area contributed by atoms with E-state index in [2.05, 4.69) is 10.3 Å². The van der Waals surface area contributed by atoms with Crippen molar-refractivity contribution in [1.82, 2.24) is 4.98 Å². The van der Waals surface area contributed by atoms with E-state index in [4.69, 9.17) is 0 Å². The topological polar surface area (TPSA) is 82.3 Å². The van der Waals surface area contributed by atoms with Crippen molar-refractivity contribution < 1.29 is 18.4 Å². The molecule has 0 spiro atoms. The number of amides is 2. The minimum absolute atomic E-state index is 0.0457. The van der Waals surface area contributed by atoms with E-state index in [-0.39, 0.29) is 24.3 Å². The van der Waals surface area contributed by atoms with Gasteiger partial charge in [0, 0.05) is 24.7 Å². The molecule has 2 N–H and O–H groups in total. The molecule has 0 saturated carbocycles. The smallest absolute Gasteiger partial charge is 0.271 e. The lowest BCUT2D eigenvalue weighted by molar-refractivity contribution is -0.122. The number of H-pyrrole nitrogens is 1. The van der Waals surface area contributed by atoms with Gasteiger partial charge in [-0.25, -0.2) is 8.78 Å². The second-order valence-corrected chi connectivity index (χ2v) is 6.31. The molecule has 0 aliphatic carbocycles. The third kappa shape index (κ3) is 3.35. The van der Waals surface area contributed by atoms with Gasteiger partial charge in [-0.15, -0.1) is 0 Å². The summed E-state index contributed by atoms with van der Waals surface area (Å²) in [5.41, 5.74) is 1.08. The molecular formula is C18H17F2N3O3. The molecule has 1 aliphatic rings. The predicted molar refractivity (Wildman–Crippen MR) is 92.0 cm³/mol. The number of pyridine rings is 1. The molecule has 1 aliphatic heterocycles. The van der Waals surface area contributed by atoms with Gasteiger partial charge < -0.3 is 15.2 Å². The number of aryl methyl sites for hydroxylation is 2. The van der Waals surface area contributed by atoms with Gasteiger partial charge >= 0.3 is 0 Å². The highest BCUT2D eigenvalue weighted by atomic mass is 19.1. The van der Waals surface area contributed by atoms with Gasteiger partial charge in [0.2, 0.25) is 11.8 Å². The second-order valence-electron chi connectivity index (χ2n) is 6.31. The number of hydrogen-bond acceptors (Lipinski definition) is 3. The molecule has 8 heteroatoms. The molecule has 2 heterocycles. The van der Waals surface area contributed by atoms with Crippen LogP contribution >= 0.6 is 0 Å². The van der Waals surface area contributed by atoms with E-state index in [1.165, 1.54) is 0 Å². The third-order valence-corrected chi connectivity index (χ3v) is 4.45. The molecule has 26 heavy (non-hydrogen) atoms. The van der Waals surface area contributed by atoms with E-state index >= 15 is 0 Å². The first-order valence-electron chi connectivity index (χ1n) is 8.03. The van der Waals surface area contributed by atoms with Crippen LogP contribution in [0.4, 0.5) is 20.2 Å². The summed E-state index contributed by atoms with van der Waals surface area (Å²) >= 11 is 0. The Labute approximate surface area is 147 Å². The summed E-state index contributed by atoms with van der Waals surface area (Å²) in [6.07, 6.45) is -0.120. The van der Waals surface area contributed by atoms with Crippen LogP contribution in [0, 0.1) is 31.4 Å². The van der Waals surface area contributed by atoms with E-state index in [9.17, 15) is 23.2 Å². The molecule has 1 atom stereocenters. The molecule has 2 aromatic rings. The molecular weight excluding hydrogens is 344 g/mol. The highest BCUT2D eigenvalue weighted by molar-refractivity contribution is 6.03. The van der Waals surface area contributed by atoms with Gasteiger partial charge in [0.15, 0.2) is 0 Å². The van der Waals surface area contributed by atoms with Gasteiger partial charge in [-0.3, -0.25) is 14.4 Å². The van der Waals surface area contributed by atoms with Gasteiger partial charge in [0.1, 0.15) is 17.3 Å². The summed E-state index contributed by atoms with van der Waals surface area (Å²) in [6, 6.07) is 4.45. The zero-order valence-electron chi connectivity index (χ0n) is 14.2. The number of anilines is 2. The minimum Gasteiger partial charge on any atom is -0.324 e. The second kappa shape index (κ2) is 6.70. The number of nitrogens with zero attached hydrogens (tertiary/aromatic N) is 1. The lowest BCUT2D eigenvalue weighted by Gasteiger charge is -2.17. The highest BCUT2D eigenvalue weighted by Crippen LogP contribution is 2.28. The predicted octanol–water partition coefficient (Wildman–Crippen LogP) is 2.26. The Morgan fingerprint density at radius 2 is 1.96 bits per heavy atom. The van der Waals surface area contributed by atoms with E-state index in [1.54, 1.807) is 19.9 Å². The highest BCUT2D eigenvalue weighted by Gasteiger charge is 2.36. The third-order valence-electron chi connectivity index (χ3n) is 4.45. The van der Waals surface area contributed by atoms with Crippen LogP contribution in [0.25, 0.3) is 0 Å². The van der Waals surface area contributed by atoms with Crippen LogP contribution in [-0.2, 0) is 9.59 Å². The molecule has 6 nitrogen and oxygen atoms in total. The lowest BCUT2D eigenvalue weighted by atomic mass is 10.1. The van der Waals surface area contributed by atoms with Gasteiger partial charge in [0.25, 0.3) is 5.56 Å². The summed E-state index contributed by atoms with van der Waals surface area (Å²) < 4.78 is 26.9. The van der Waals surface area contributed by atoms with Crippen molar-refractivity contribution in [3.05, 3.63) is 57.5 Å². The SMILES string of the molecule is Cc1cc(NC(=O)C2CC(=O)N(c3ccc(F)cc3F)C2)c(=O)[nH]c1C. The quantitative estimate of drug-likeness (QED) is 0.880. The van der Waals surface area contributed by atoms with Gasteiger partial charge in [-0.1, -0.05) is 0 Å². The Kier molecular flexibility index (Phi) is 4.58. The average molecular weight is 361 g/mol. The first kappa shape index (κ1) is 17.8. The van der Waals surface area contributed by atoms with E-state index < -0.39 is 34.9 Å². The number of carbonyl (C=O) groups is 2. The van der Waals surface area contributed by atoms with Crippen molar-refractivity contribution in [2.24, 2.45) is 5.92 Å². The molecule has 1 aromatic heterocycles. The Balaban J connectivity index is 1.77. The van der Waals surface area contributed by atoms with E-state index in [0.29, 0.717) is 11.8 Å². The van der Waals surface area contributed by atoms with Crippen LogP contribution in [0.1, 0.15) is 17.7 Å². The van der Waals surface area contributed by atoms with Crippen LogP contribution in [-0.4, -0.2) is 23.3 Å². The van der Waals surface area contributed by atoms with Crippen molar-refractivity contribution in [3.8, 4) is 0 Å². The van der Waals surface area contributed by atoms with Crippen LogP contribution in [0.5, 0.6) is 0 Å². The van der Waals surface area contributed by atoms with Gasteiger partial charge in [-0.05, 0) is 37.6 Å². The van der Waals surface area contributed by atoms with Crippen molar-refractivity contribution in [3.63, 3.8) is 0 Å². The standard InChI is InChI=1S/C18H17F2N3O3/c1-9-5-14(18(26)21-10(9)2)22-17(25)11-6-16(24)23(8-11)15-4-3-12(19)7-13(15)20/h3-5,7,11H,6,8H2,1-2H3,(H,21,26)(H,22,25). The average Bonchev–Trinajstić information content (AvgIpc) is 2.94. The zero-order chi connectivity index (χ0) is 19.0. The molecule has 2 amide bonds. The molecule has 3 rings (SSSR count). The first-order chi connectivity index (χ1) is 12.3. The van der Waals surface area contributed by atoms with E-state index in [1.807, 2.05) is 0 Å². The Hall–Kier alpha value is -3.03. The van der Waals surface area contributed by atoms with Crippen molar-refractivity contribution in [2.75, 3.05) is 16.8 Å². The fraction of sp³-hybridized carbons (Fsp3) is 0.278. The number of hydrogen-bond donors (Lipinski definition) is 2. The fourth-order valence-corrected chi connectivity index (χ4v) is 2.87. The monoisotopic (exact) mass is 361 g/mol. The molecule has 1 aromatic carbocycles. The maximum absolute atomic E-state index is 13.9. The number of halogens is 2. The largest absolute Gasteiger partial charge is 0.324 e. The Morgan fingerprint density at radius 1 is 1.23 bits per heavy atom. The Bertz CT molecular complexity index is 955. The number of aromatic amines is 1. The molecule has 1 fully saturated rings. The summed E-state index contributed by atoms with van der Waals surface area (Å²) in [5.74, 6) is -3.30. The van der Waals surface area contributed by atoms with Crippen LogP contribution in [0.2, 0.25) is 0 Å². The van der Waals surface area contributed by atoms with Crippen molar-refractivity contribution in [1.29, 1.82) is 0 Å². The summed E-state index contributed by atoms with van der Waals surface area (Å²) in [4.78, 5) is 40.3. The summed E-state index contributed by atoms with van der Waals surface area (Å²) in [7, 11) is 0. The molecule has 1 saturated heterocycles. The fourth-order valence-electron chi connectivity index (χ4n) is 2.87. The van der Waals surface area contributed by atoms with Crippen molar-refractivity contribution >= 4 is 23.2 Å². The number of aromatic nitrogens is 1. The number of rotatable bonds is 3. The number of carbonyl (C=O) groups excluding carboxylic acids is 2. The van der Waals surface area contributed by atoms with Crippen LogP contribution in [0.15, 0.2) is 29.1 Å². The maximum Gasteiger partial charge on any atom is 0.271 e. The Morgan fingerprint density at radius 3 is 2.65 bits per heavy atom. The van der Waals surface area contributed by atoms with Crippen LogP contribution < -0.4 is 15.8 Å². The normalized spacial score (nSPS) is 16.8. The number of nitrogens with one attached hydrogen (secondary N) is 2. The van der Waals surface area contributed by atoms with Gasteiger partial charge in [0.05, 0.1) is 11.6 Å². The molecule has 1 unspecified atom stereocenters. The molecule has 136 valence electrons. The van der Waals surface area contributed by atoms with Gasteiger partial charge in [-0.2, -0.15) is 0 Å². The summed E-state index contributed by atoms with van der Waals surface area (Å²) in [6.45, 7) is 3.49. The summed E-state index contributed by atoms with van der Waals surface area (Å²) in [5, 5.41) is 2.52. The first-order valence-corrected chi connectivity index (χ1v) is 8.03. The zero-order valence-corrected chi connectivity index (χ0v) is 14.2. The van der Waals surface area contributed by atoms with Crippen molar-refractivity contribution in [2.45, 2.75) is 20.3 Å². The van der Waals surface area contributed by atoms with E-state index in [0.717, 1.165) is 22.6 Å². The molecule has 0 radical (unpaired) electrons. The minimum atomic E-state index is -0.870. The van der Waals surface area contributed by atoms with Crippen LogP contribution in [0.3, 0.4) is 0 Å². The number of benzene rings is 1. The lowest BCUT2D eigenvalue weighted by Crippen LogP contribution is -2.30. The molecule has 0 bridgehead atoms. The maximum atomic E-state index is 13.9.